The summed E-state index contributed by atoms with van der Waals surface area (Å²) in [6.07, 6.45) is -2.73. The molecule has 0 saturated carbocycles. The Hall–Kier alpha value is -1.80. The van der Waals surface area contributed by atoms with E-state index in [2.05, 4.69) is 4.98 Å². The van der Waals surface area contributed by atoms with E-state index in [0.29, 0.717) is 17.1 Å². The lowest BCUT2D eigenvalue weighted by Gasteiger charge is -2.32. The molecule has 1 aliphatic heterocycles. The minimum atomic E-state index is -4.39. The fourth-order valence-electron chi connectivity index (χ4n) is 2.67. The van der Waals surface area contributed by atoms with Crippen LogP contribution in [-0.2, 0) is 15.5 Å². The van der Waals surface area contributed by atoms with Gasteiger partial charge in [0.2, 0.25) is 0 Å². The molecular formula is C17H20BF3N2O2. The van der Waals surface area contributed by atoms with E-state index >= 15 is 0 Å². The molecule has 25 heavy (non-hydrogen) atoms. The maximum Gasteiger partial charge on any atom is 0.516 e. The van der Waals surface area contributed by atoms with Crippen molar-refractivity contribution in [2.24, 2.45) is 0 Å². The third-order valence-corrected chi connectivity index (χ3v) is 4.85. The highest BCUT2D eigenvalue weighted by Crippen LogP contribution is 2.36. The molecule has 2 heterocycles. The Labute approximate surface area is 145 Å². The number of aromatic nitrogens is 2. The van der Waals surface area contributed by atoms with Crippen LogP contribution in [0.1, 0.15) is 39.1 Å². The Kier molecular flexibility index (Phi) is 4.04. The number of benzene rings is 1. The average molecular weight is 352 g/mol. The van der Waals surface area contributed by atoms with Crippen LogP contribution in [0.15, 0.2) is 30.5 Å². The fourth-order valence-corrected chi connectivity index (χ4v) is 2.67. The van der Waals surface area contributed by atoms with Gasteiger partial charge >= 0.3 is 13.3 Å². The Bertz CT molecular complexity index is 783. The van der Waals surface area contributed by atoms with Gasteiger partial charge in [-0.1, -0.05) is 6.07 Å². The van der Waals surface area contributed by atoms with Crippen LogP contribution in [0.5, 0.6) is 0 Å². The quantitative estimate of drug-likeness (QED) is 0.777. The third-order valence-electron chi connectivity index (χ3n) is 4.85. The highest BCUT2D eigenvalue weighted by atomic mass is 19.4. The number of hydrogen-bond acceptors (Lipinski definition) is 3. The summed E-state index contributed by atoms with van der Waals surface area (Å²) in [5, 5.41) is 0. The second-order valence-electron chi connectivity index (χ2n) is 7.22. The molecule has 0 bridgehead atoms. The van der Waals surface area contributed by atoms with Crippen molar-refractivity contribution in [2.45, 2.75) is 52.0 Å². The SMILES string of the molecule is Cc1nc(B2OC(C)(C)C(C)(C)O2)cn1-c1cccc(C(F)(F)F)c1. The first kappa shape index (κ1) is 18.0. The molecule has 1 saturated heterocycles. The van der Waals surface area contributed by atoms with Gasteiger partial charge in [-0.05, 0) is 52.8 Å². The van der Waals surface area contributed by atoms with Gasteiger partial charge in [0.25, 0.3) is 0 Å². The Morgan fingerprint density at radius 1 is 1.08 bits per heavy atom. The van der Waals surface area contributed by atoms with Gasteiger partial charge in [0, 0.05) is 11.9 Å². The summed E-state index contributed by atoms with van der Waals surface area (Å²) in [5.74, 6) is 0.559. The number of rotatable bonds is 2. The van der Waals surface area contributed by atoms with E-state index in [1.54, 1.807) is 23.8 Å². The first-order chi connectivity index (χ1) is 11.4. The van der Waals surface area contributed by atoms with Gasteiger partial charge in [-0.25, -0.2) is 4.98 Å². The van der Waals surface area contributed by atoms with Crippen molar-refractivity contribution in [1.82, 2.24) is 9.55 Å². The summed E-state index contributed by atoms with van der Waals surface area (Å²) in [7, 11) is -0.657. The number of imidazole rings is 1. The molecule has 1 aliphatic rings. The van der Waals surface area contributed by atoms with Crippen molar-refractivity contribution in [3.63, 3.8) is 0 Å². The molecule has 1 fully saturated rings. The molecule has 1 aromatic carbocycles. The van der Waals surface area contributed by atoms with E-state index in [1.807, 2.05) is 27.7 Å². The minimum absolute atomic E-state index is 0.391. The van der Waals surface area contributed by atoms with E-state index in [0.717, 1.165) is 12.1 Å². The van der Waals surface area contributed by atoms with Crippen molar-refractivity contribution in [3.05, 3.63) is 41.9 Å². The number of alkyl halides is 3. The van der Waals surface area contributed by atoms with Crippen LogP contribution in [0, 0.1) is 6.92 Å². The average Bonchev–Trinajstić information content (AvgIpc) is 2.96. The number of aryl methyl sites for hydroxylation is 1. The normalized spacial score (nSPS) is 19.4. The molecule has 3 rings (SSSR count). The predicted molar refractivity (Wildman–Crippen MR) is 89.0 cm³/mol. The van der Waals surface area contributed by atoms with Gasteiger partial charge in [-0.3, -0.25) is 0 Å². The molecule has 0 amide bonds. The Balaban J connectivity index is 1.95. The van der Waals surface area contributed by atoms with Crippen LogP contribution < -0.4 is 5.59 Å². The van der Waals surface area contributed by atoms with Crippen LogP contribution in [0.4, 0.5) is 13.2 Å². The molecule has 8 heteroatoms. The Morgan fingerprint density at radius 3 is 2.24 bits per heavy atom. The zero-order valence-corrected chi connectivity index (χ0v) is 14.8. The molecule has 0 unspecified atom stereocenters. The van der Waals surface area contributed by atoms with Crippen LogP contribution in [0.25, 0.3) is 5.69 Å². The zero-order valence-electron chi connectivity index (χ0n) is 14.8. The summed E-state index contributed by atoms with van der Waals surface area (Å²) in [6.45, 7) is 9.47. The van der Waals surface area contributed by atoms with Crippen molar-refractivity contribution < 1.29 is 22.5 Å². The van der Waals surface area contributed by atoms with Gasteiger partial charge in [-0.2, -0.15) is 13.2 Å². The van der Waals surface area contributed by atoms with Crippen LogP contribution in [0.3, 0.4) is 0 Å². The highest BCUT2D eigenvalue weighted by molar-refractivity contribution is 6.61. The zero-order chi connectivity index (χ0) is 18.6. The maximum atomic E-state index is 12.9. The van der Waals surface area contributed by atoms with E-state index in [1.165, 1.54) is 6.07 Å². The lowest BCUT2D eigenvalue weighted by Crippen LogP contribution is -2.41. The molecule has 0 N–H and O–H groups in total. The largest absolute Gasteiger partial charge is 0.516 e. The van der Waals surface area contributed by atoms with E-state index in [-0.39, 0.29) is 0 Å². The van der Waals surface area contributed by atoms with Crippen LogP contribution in [-0.4, -0.2) is 27.9 Å². The molecule has 0 atom stereocenters. The van der Waals surface area contributed by atoms with Gasteiger partial charge in [0.05, 0.1) is 22.4 Å². The van der Waals surface area contributed by atoms with E-state index < -0.39 is 30.1 Å². The second-order valence-corrected chi connectivity index (χ2v) is 7.22. The van der Waals surface area contributed by atoms with Gasteiger partial charge < -0.3 is 13.9 Å². The standard InChI is InChI=1S/C17H20BF3N2O2/c1-11-22-14(18-24-15(2,3)16(4,5)25-18)10-23(11)13-8-6-7-12(9-13)17(19,20)21/h6-10H,1-5H3. The molecular weight excluding hydrogens is 332 g/mol. The van der Waals surface area contributed by atoms with Crippen LogP contribution >= 0.6 is 0 Å². The van der Waals surface area contributed by atoms with Gasteiger partial charge in [0.15, 0.2) is 0 Å². The Morgan fingerprint density at radius 2 is 1.68 bits per heavy atom. The summed E-state index contributed by atoms with van der Waals surface area (Å²) in [6, 6.07) is 5.14. The molecule has 134 valence electrons. The summed E-state index contributed by atoms with van der Waals surface area (Å²) < 4.78 is 52.3. The lowest BCUT2D eigenvalue weighted by atomic mass is 9.86. The van der Waals surface area contributed by atoms with Crippen molar-refractivity contribution >= 4 is 12.7 Å². The highest BCUT2D eigenvalue weighted by Gasteiger charge is 2.52. The summed E-state index contributed by atoms with van der Waals surface area (Å²) in [4.78, 5) is 4.42. The molecule has 1 aromatic heterocycles. The molecule has 2 aromatic rings. The summed E-state index contributed by atoms with van der Waals surface area (Å²) >= 11 is 0. The minimum Gasteiger partial charge on any atom is -0.398 e. The topological polar surface area (TPSA) is 36.3 Å². The fraction of sp³-hybridized carbons (Fsp3) is 0.471. The van der Waals surface area contributed by atoms with Crippen molar-refractivity contribution in [1.29, 1.82) is 0 Å². The monoisotopic (exact) mass is 352 g/mol. The number of hydrogen-bond donors (Lipinski definition) is 0. The lowest BCUT2D eigenvalue weighted by molar-refractivity contribution is -0.137. The molecule has 0 aliphatic carbocycles. The smallest absolute Gasteiger partial charge is 0.398 e. The molecule has 4 nitrogen and oxygen atoms in total. The second kappa shape index (κ2) is 5.61. The predicted octanol–water partition coefficient (Wildman–Crippen LogP) is 3.50. The molecule has 0 radical (unpaired) electrons. The van der Waals surface area contributed by atoms with Gasteiger partial charge in [-0.15, -0.1) is 0 Å². The van der Waals surface area contributed by atoms with Crippen LogP contribution in [0.2, 0.25) is 0 Å². The van der Waals surface area contributed by atoms with Gasteiger partial charge in [0.1, 0.15) is 5.82 Å². The third kappa shape index (κ3) is 3.20. The number of halogens is 3. The first-order valence-corrected chi connectivity index (χ1v) is 8.00. The van der Waals surface area contributed by atoms with Crippen molar-refractivity contribution in [2.75, 3.05) is 0 Å². The number of nitrogens with zero attached hydrogens (tertiary/aromatic N) is 2. The first-order valence-electron chi connectivity index (χ1n) is 8.00. The summed E-state index contributed by atoms with van der Waals surface area (Å²) in [5.41, 5.74) is -0.789. The van der Waals surface area contributed by atoms with E-state index in [9.17, 15) is 13.2 Å². The molecule has 0 spiro atoms. The van der Waals surface area contributed by atoms with Crippen molar-refractivity contribution in [3.8, 4) is 5.69 Å². The maximum absolute atomic E-state index is 12.9. The van der Waals surface area contributed by atoms with E-state index in [4.69, 9.17) is 9.31 Å².